The number of nitrogens with zero attached hydrogens (tertiary/aromatic N) is 2. The molecule has 1 fully saturated rings. The van der Waals surface area contributed by atoms with Gasteiger partial charge < -0.3 is 4.74 Å². The van der Waals surface area contributed by atoms with Gasteiger partial charge in [-0.3, -0.25) is 4.79 Å². The van der Waals surface area contributed by atoms with E-state index in [1.807, 2.05) is 0 Å². The molecule has 0 unspecified atom stereocenters. The number of halogens is 1. The van der Waals surface area contributed by atoms with Crippen LogP contribution in [0, 0.1) is 0 Å². The van der Waals surface area contributed by atoms with Crippen LogP contribution in [0.5, 0.6) is 0 Å². The van der Waals surface area contributed by atoms with Gasteiger partial charge >= 0.3 is 0 Å². The van der Waals surface area contributed by atoms with E-state index in [4.69, 9.17) is 16.3 Å². The molecule has 0 saturated carbocycles. The summed E-state index contributed by atoms with van der Waals surface area (Å²) in [6, 6.07) is 1.45. The minimum absolute atomic E-state index is 0.0924. The molecule has 0 bridgehead atoms. The van der Waals surface area contributed by atoms with Crippen LogP contribution in [-0.2, 0) is 4.74 Å². The molecule has 1 saturated heterocycles. The summed E-state index contributed by atoms with van der Waals surface area (Å²) < 4.78 is 6.34. The third-order valence-electron chi connectivity index (χ3n) is 1.76. The quantitative estimate of drug-likeness (QED) is 0.641. The Morgan fingerprint density at radius 3 is 2.92 bits per heavy atom. The molecule has 1 aromatic rings. The molecule has 1 aliphatic heterocycles. The Kier molecular flexibility index (Phi) is 1.86. The van der Waals surface area contributed by atoms with E-state index in [2.05, 4.69) is 5.10 Å². The lowest BCUT2D eigenvalue weighted by molar-refractivity contribution is -0.0308. The van der Waals surface area contributed by atoms with Crippen molar-refractivity contribution in [3.8, 4) is 0 Å². The maximum Gasteiger partial charge on any atom is 0.268 e. The summed E-state index contributed by atoms with van der Waals surface area (Å²) in [5.41, 5.74) is -0.171. The maximum atomic E-state index is 11.2. The van der Waals surface area contributed by atoms with Gasteiger partial charge in [-0.05, 0) is 0 Å². The zero-order valence-corrected chi connectivity index (χ0v) is 6.99. The zero-order valence-electron chi connectivity index (χ0n) is 6.24. The Morgan fingerprint density at radius 2 is 2.42 bits per heavy atom. The van der Waals surface area contributed by atoms with Crippen molar-refractivity contribution in [1.29, 1.82) is 0 Å². The molecule has 0 spiro atoms. The van der Waals surface area contributed by atoms with Crippen molar-refractivity contribution in [2.75, 3.05) is 13.2 Å². The molecule has 0 N–H and O–H groups in total. The Bertz CT molecular complexity index is 346. The Hall–Kier alpha value is -0.870. The summed E-state index contributed by atoms with van der Waals surface area (Å²) in [6.07, 6.45) is 1.46. The van der Waals surface area contributed by atoms with Crippen molar-refractivity contribution in [2.24, 2.45) is 0 Å². The van der Waals surface area contributed by atoms with E-state index in [0.717, 1.165) is 0 Å². The molecule has 64 valence electrons. The van der Waals surface area contributed by atoms with Crippen LogP contribution in [-0.4, -0.2) is 23.0 Å². The fourth-order valence-electron chi connectivity index (χ4n) is 1.03. The lowest BCUT2D eigenvalue weighted by atomic mass is 10.3. The van der Waals surface area contributed by atoms with E-state index in [1.54, 1.807) is 0 Å². The second kappa shape index (κ2) is 2.88. The molecule has 2 heterocycles. The smallest absolute Gasteiger partial charge is 0.268 e. The summed E-state index contributed by atoms with van der Waals surface area (Å²) in [6.45, 7) is 1.13. The highest BCUT2D eigenvalue weighted by molar-refractivity contribution is 6.30. The first-order valence-corrected chi connectivity index (χ1v) is 3.97. The lowest BCUT2D eigenvalue weighted by Gasteiger charge is -2.26. The fraction of sp³-hybridized carbons (Fsp3) is 0.429. The van der Waals surface area contributed by atoms with Crippen LogP contribution < -0.4 is 5.56 Å². The number of aromatic nitrogens is 2. The number of ether oxygens (including phenoxy) is 1. The van der Waals surface area contributed by atoms with Crippen LogP contribution >= 0.6 is 11.6 Å². The van der Waals surface area contributed by atoms with Crippen molar-refractivity contribution >= 4 is 11.6 Å². The Morgan fingerprint density at radius 1 is 1.67 bits per heavy atom. The van der Waals surface area contributed by atoms with Gasteiger partial charge in [-0.1, -0.05) is 11.6 Å². The molecule has 0 aliphatic carbocycles. The monoisotopic (exact) mass is 186 g/mol. The van der Waals surface area contributed by atoms with Gasteiger partial charge in [-0.25, -0.2) is 4.68 Å². The van der Waals surface area contributed by atoms with Crippen LogP contribution in [0.25, 0.3) is 0 Å². The highest BCUT2D eigenvalue weighted by Gasteiger charge is 2.22. The molecule has 12 heavy (non-hydrogen) atoms. The molecular formula is C7H7ClN2O2. The summed E-state index contributed by atoms with van der Waals surface area (Å²) >= 11 is 5.58. The predicted octanol–water partition coefficient (Wildman–Crippen LogP) is 0.468. The van der Waals surface area contributed by atoms with E-state index in [9.17, 15) is 4.79 Å². The lowest BCUT2D eigenvalue weighted by Crippen LogP contribution is -2.38. The van der Waals surface area contributed by atoms with Crippen molar-refractivity contribution in [3.05, 3.63) is 27.6 Å². The molecule has 0 radical (unpaired) electrons. The second-order valence-electron chi connectivity index (χ2n) is 2.65. The largest absolute Gasteiger partial charge is 0.377 e. The normalized spacial score (nSPS) is 17.4. The van der Waals surface area contributed by atoms with E-state index in [-0.39, 0.29) is 11.6 Å². The van der Waals surface area contributed by atoms with E-state index < -0.39 is 0 Å². The van der Waals surface area contributed by atoms with Crippen molar-refractivity contribution in [3.63, 3.8) is 0 Å². The SMILES string of the molecule is O=c1cc(Cl)cnn1C1COC1. The highest BCUT2D eigenvalue weighted by atomic mass is 35.5. The molecule has 1 aromatic heterocycles. The molecular weight excluding hydrogens is 180 g/mol. The van der Waals surface area contributed by atoms with Gasteiger partial charge in [-0.2, -0.15) is 5.10 Å². The molecule has 4 nitrogen and oxygen atoms in total. The summed E-state index contributed by atoms with van der Waals surface area (Å²) in [7, 11) is 0. The standard InChI is InChI=1S/C7H7ClN2O2/c8-5-1-7(11)10(9-2-5)6-3-12-4-6/h1-2,6H,3-4H2. The summed E-state index contributed by atoms with van der Waals surface area (Å²) in [5.74, 6) is 0. The van der Waals surface area contributed by atoms with Crippen molar-refractivity contribution in [2.45, 2.75) is 6.04 Å². The fourth-order valence-corrected chi connectivity index (χ4v) is 1.17. The summed E-state index contributed by atoms with van der Waals surface area (Å²) in [5, 5.41) is 4.26. The molecule has 0 aromatic carbocycles. The van der Waals surface area contributed by atoms with E-state index in [0.29, 0.717) is 18.2 Å². The van der Waals surface area contributed by atoms with E-state index in [1.165, 1.54) is 16.9 Å². The van der Waals surface area contributed by atoms with Gasteiger partial charge in [0.1, 0.15) is 6.04 Å². The topological polar surface area (TPSA) is 44.1 Å². The van der Waals surface area contributed by atoms with Crippen LogP contribution in [0.2, 0.25) is 5.02 Å². The van der Waals surface area contributed by atoms with Gasteiger partial charge in [0.05, 0.1) is 24.4 Å². The first-order chi connectivity index (χ1) is 5.77. The zero-order chi connectivity index (χ0) is 8.55. The van der Waals surface area contributed by atoms with Crippen LogP contribution in [0.3, 0.4) is 0 Å². The third kappa shape index (κ3) is 1.23. The van der Waals surface area contributed by atoms with Crippen molar-refractivity contribution < 1.29 is 4.74 Å². The first kappa shape index (κ1) is 7.76. The van der Waals surface area contributed by atoms with Crippen LogP contribution in [0.4, 0.5) is 0 Å². The third-order valence-corrected chi connectivity index (χ3v) is 1.97. The second-order valence-corrected chi connectivity index (χ2v) is 3.08. The Labute approximate surface area is 73.7 Å². The van der Waals surface area contributed by atoms with Crippen LogP contribution in [0.15, 0.2) is 17.1 Å². The van der Waals surface area contributed by atoms with Gasteiger partial charge in [0.2, 0.25) is 0 Å². The maximum absolute atomic E-state index is 11.2. The predicted molar refractivity (Wildman–Crippen MR) is 43.4 cm³/mol. The first-order valence-electron chi connectivity index (χ1n) is 3.59. The van der Waals surface area contributed by atoms with Gasteiger partial charge in [-0.15, -0.1) is 0 Å². The van der Waals surface area contributed by atoms with Gasteiger partial charge in [0.15, 0.2) is 0 Å². The number of rotatable bonds is 1. The van der Waals surface area contributed by atoms with Crippen molar-refractivity contribution in [1.82, 2.24) is 9.78 Å². The summed E-state index contributed by atoms with van der Waals surface area (Å²) in [4.78, 5) is 11.2. The molecule has 0 atom stereocenters. The van der Waals surface area contributed by atoms with Gasteiger partial charge in [0, 0.05) is 6.07 Å². The highest BCUT2D eigenvalue weighted by Crippen LogP contribution is 2.13. The molecule has 1 aliphatic rings. The molecule has 0 amide bonds. The number of hydrogen-bond acceptors (Lipinski definition) is 3. The average molecular weight is 187 g/mol. The number of hydrogen-bond donors (Lipinski definition) is 0. The average Bonchev–Trinajstić information content (AvgIpc) is 1.91. The van der Waals surface area contributed by atoms with Crippen LogP contribution in [0.1, 0.15) is 6.04 Å². The van der Waals surface area contributed by atoms with Gasteiger partial charge in [0.25, 0.3) is 5.56 Å². The molecule has 5 heteroatoms. The minimum atomic E-state index is -0.171. The molecule has 2 rings (SSSR count). The minimum Gasteiger partial charge on any atom is -0.377 e. The Balaban J connectivity index is 2.37. The van der Waals surface area contributed by atoms with E-state index >= 15 is 0 Å².